The number of hydrogen-bond acceptors (Lipinski definition) is 6. The van der Waals surface area contributed by atoms with Crippen LogP contribution in [-0.4, -0.2) is 40.6 Å². The van der Waals surface area contributed by atoms with Crippen LogP contribution >= 0.6 is 23.1 Å². The fraction of sp³-hybridized carbons (Fsp3) is 0.643. The first-order valence-electron chi connectivity index (χ1n) is 7.55. The van der Waals surface area contributed by atoms with Gasteiger partial charge in [-0.2, -0.15) is 13.2 Å². The maximum absolute atomic E-state index is 12.8. The molecule has 0 bridgehead atoms. The topological polar surface area (TPSA) is 66.9 Å². The highest BCUT2D eigenvalue weighted by molar-refractivity contribution is 8.01. The molecule has 2 N–H and O–H groups in total. The third-order valence-electron chi connectivity index (χ3n) is 3.63. The molecule has 1 aromatic rings. The summed E-state index contributed by atoms with van der Waals surface area (Å²) in [5.74, 6) is -1.47. The summed E-state index contributed by atoms with van der Waals surface area (Å²) in [4.78, 5) is 11.9. The van der Waals surface area contributed by atoms with E-state index in [4.69, 9.17) is 0 Å². The molecule has 1 fully saturated rings. The molecular weight excluding hydrogens is 361 g/mol. The minimum absolute atomic E-state index is 0.0334. The predicted octanol–water partition coefficient (Wildman–Crippen LogP) is 3.47. The van der Waals surface area contributed by atoms with Crippen LogP contribution in [0, 0.1) is 5.92 Å². The molecule has 0 radical (unpaired) electrons. The molecule has 134 valence electrons. The van der Waals surface area contributed by atoms with Crippen LogP contribution in [0.25, 0.3) is 0 Å². The SMILES string of the molecule is C=CCNc1nnc(SCC(=O)NC2CCCC(C(F)(F)F)C2)s1. The Morgan fingerprint density at radius 3 is 2.92 bits per heavy atom. The Bertz CT molecular complexity index is 564. The maximum atomic E-state index is 12.8. The Morgan fingerprint density at radius 1 is 1.42 bits per heavy atom. The summed E-state index contributed by atoms with van der Waals surface area (Å²) in [6.45, 7) is 4.15. The zero-order valence-corrected chi connectivity index (χ0v) is 14.6. The number of carbonyl (C=O) groups excluding carboxylic acids is 1. The second-order valence-corrected chi connectivity index (χ2v) is 7.70. The van der Waals surface area contributed by atoms with E-state index in [-0.39, 0.29) is 24.5 Å². The van der Waals surface area contributed by atoms with Crippen LogP contribution in [0.5, 0.6) is 0 Å². The number of hydrogen-bond donors (Lipinski definition) is 2. The molecule has 5 nitrogen and oxygen atoms in total. The quantitative estimate of drug-likeness (QED) is 0.560. The van der Waals surface area contributed by atoms with Gasteiger partial charge in [-0.3, -0.25) is 4.79 Å². The first-order chi connectivity index (χ1) is 11.4. The molecule has 2 rings (SSSR count). The monoisotopic (exact) mass is 380 g/mol. The van der Waals surface area contributed by atoms with Crippen molar-refractivity contribution in [2.24, 2.45) is 5.92 Å². The summed E-state index contributed by atoms with van der Waals surface area (Å²) in [5, 5.41) is 14.2. The molecule has 2 unspecified atom stereocenters. The summed E-state index contributed by atoms with van der Waals surface area (Å²) in [6, 6.07) is -0.405. The van der Waals surface area contributed by atoms with E-state index < -0.39 is 18.1 Å². The first-order valence-corrected chi connectivity index (χ1v) is 9.36. The van der Waals surface area contributed by atoms with Gasteiger partial charge in [0.05, 0.1) is 11.7 Å². The Morgan fingerprint density at radius 2 is 2.21 bits per heavy atom. The number of halogens is 3. The largest absolute Gasteiger partial charge is 0.391 e. The molecule has 1 saturated carbocycles. The van der Waals surface area contributed by atoms with Gasteiger partial charge in [0, 0.05) is 12.6 Å². The normalized spacial score (nSPS) is 21.3. The number of rotatable bonds is 7. The second kappa shape index (κ2) is 8.70. The second-order valence-electron chi connectivity index (χ2n) is 5.50. The van der Waals surface area contributed by atoms with Crippen molar-refractivity contribution < 1.29 is 18.0 Å². The van der Waals surface area contributed by atoms with Gasteiger partial charge in [0.1, 0.15) is 0 Å². The van der Waals surface area contributed by atoms with Crippen molar-refractivity contribution in [1.82, 2.24) is 15.5 Å². The lowest BCUT2D eigenvalue weighted by Gasteiger charge is -2.30. The molecular formula is C14H19F3N4OS2. The van der Waals surface area contributed by atoms with E-state index >= 15 is 0 Å². The average Bonchev–Trinajstić information content (AvgIpc) is 2.98. The van der Waals surface area contributed by atoms with Crippen LogP contribution in [-0.2, 0) is 4.79 Å². The fourth-order valence-electron chi connectivity index (χ4n) is 2.51. The third kappa shape index (κ3) is 5.97. The maximum Gasteiger partial charge on any atom is 0.391 e. The van der Waals surface area contributed by atoms with Gasteiger partial charge in [-0.25, -0.2) is 0 Å². The van der Waals surface area contributed by atoms with Crippen LogP contribution in [0.3, 0.4) is 0 Å². The van der Waals surface area contributed by atoms with Gasteiger partial charge in [0.25, 0.3) is 0 Å². The number of aromatic nitrogens is 2. The average molecular weight is 380 g/mol. The molecule has 1 aromatic heterocycles. The standard InChI is InChI=1S/C14H19F3N4OS2/c1-2-6-18-12-20-21-13(24-12)23-8-11(22)19-10-5-3-4-9(7-10)14(15,16)17/h2,9-10H,1,3-8H2,(H,18,20)(H,19,22). The highest BCUT2D eigenvalue weighted by Gasteiger charge is 2.42. The van der Waals surface area contributed by atoms with Gasteiger partial charge in [-0.15, -0.1) is 16.8 Å². The number of anilines is 1. The van der Waals surface area contributed by atoms with Crippen molar-refractivity contribution in [1.29, 1.82) is 0 Å². The van der Waals surface area contributed by atoms with E-state index in [0.29, 0.717) is 28.9 Å². The summed E-state index contributed by atoms with van der Waals surface area (Å²) in [5.41, 5.74) is 0. The van der Waals surface area contributed by atoms with E-state index in [1.54, 1.807) is 6.08 Å². The van der Waals surface area contributed by atoms with Crippen LogP contribution in [0.4, 0.5) is 18.3 Å². The van der Waals surface area contributed by atoms with Gasteiger partial charge in [-0.05, 0) is 19.3 Å². The minimum Gasteiger partial charge on any atom is -0.357 e. The number of alkyl halides is 3. The highest BCUT2D eigenvalue weighted by Crippen LogP contribution is 2.37. The Balaban J connectivity index is 1.74. The number of thioether (sulfide) groups is 1. The van der Waals surface area contributed by atoms with Crippen molar-refractivity contribution >= 4 is 34.1 Å². The van der Waals surface area contributed by atoms with Gasteiger partial charge in [0.2, 0.25) is 11.0 Å². The van der Waals surface area contributed by atoms with Crippen molar-refractivity contribution in [3.8, 4) is 0 Å². The van der Waals surface area contributed by atoms with E-state index in [9.17, 15) is 18.0 Å². The van der Waals surface area contributed by atoms with Crippen LogP contribution < -0.4 is 10.6 Å². The molecule has 1 amide bonds. The van der Waals surface area contributed by atoms with E-state index in [2.05, 4.69) is 27.4 Å². The third-order valence-corrected chi connectivity index (χ3v) is 5.65. The van der Waals surface area contributed by atoms with Gasteiger partial charge in [-0.1, -0.05) is 35.6 Å². The first kappa shape index (κ1) is 19.0. The Labute approximate surface area is 146 Å². The number of nitrogens with one attached hydrogen (secondary N) is 2. The van der Waals surface area contributed by atoms with Crippen molar-refractivity contribution in [3.05, 3.63) is 12.7 Å². The molecule has 0 saturated heterocycles. The molecule has 1 aliphatic rings. The zero-order chi connectivity index (χ0) is 17.6. The molecule has 10 heteroatoms. The summed E-state index contributed by atoms with van der Waals surface area (Å²) < 4.78 is 38.9. The summed E-state index contributed by atoms with van der Waals surface area (Å²) in [6.07, 6.45) is -1.29. The lowest BCUT2D eigenvalue weighted by molar-refractivity contribution is -0.184. The smallest absolute Gasteiger partial charge is 0.357 e. The zero-order valence-electron chi connectivity index (χ0n) is 12.9. The summed E-state index contributed by atoms with van der Waals surface area (Å²) >= 11 is 2.54. The molecule has 1 aliphatic carbocycles. The molecule has 0 aromatic carbocycles. The molecule has 24 heavy (non-hydrogen) atoms. The number of carbonyl (C=O) groups is 1. The van der Waals surface area contributed by atoms with E-state index in [1.807, 2.05) is 0 Å². The number of nitrogens with zero attached hydrogens (tertiary/aromatic N) is 2. The molecule has 2 atom stereocenters. The van der Waals surface area contributed by atoms with Crippen molar-refractivity contribution in [2.75, 3.05) is 17.6 Å². The predicted molar refractivity (Wildman–Crippen MR) is 89.3 cm³/mol. The molecule has 0 aliphatic heterocycles. The van der Waals surface area contributed by atoms with Gasteiger partial charge in [0.15, 0.2) is 4.34 Å². The van der Waals surface area contributed by atoms with Crippen molar-refractivity contribution in [3.63, 3.8) is 0 Å². The highest BCUT2D eigenvalue weighted by atomic mass is 32.2. The molecule has 1 heterocycles. The van der Waals surface area contributed by atoms with Crippen LogP contribution in [0.1, 0.15) is 25.7 Å². The molecule has 0 spiro atoms. The number of amides is 1. The van der Waals surface area contributed by atoms with Gasteiger partial charge >= 0.3 is 6.18 Å². The van der Waals surface area contributed by atoms with Crippen molar-refractivity contribution in [2.45, 2.75) is 42.2 Å². The van der Waals surface area contributed by atoms with E-state index in [1.165, 1.54) is 23.1 Å². The fourth-order valence-corrected chi connectivity index (χ4v) is 4.08. The van der Waals surface area contributed by atoms with Gasteiger partial charge < -0.3 is 10.6 Å². The van der Waals surface area contributed by atoms with Crippen LogP contribution in [0.2, 0.25) is 0 Å². The summed E-state index contributed by atoms with van der Waals surface area (Å²) in [7, 11) is 0. The lowest BCUT2D eigenvalue weighted by Crippen LogP contribution is -2.42. The van der Waals surface area contributed by atoms with E-state index in [0.717, 1.165) is 0 Å². The Hall–Kier alpha value is -1.29. The lowest BCUT2D eigenvalue weighted by atomic mass is 9.85. The minimum atomic E-state index is -4.18. The van der Waals surface area contributed by atoms with Crippen LogP contribution in [0.15, 0.2) is 17.0 Å². The Kier molecular flexibility index (Phi) is 6.90.